The maximum Gasteiger partial charge on any atom is 0.356 e. The highest BCUT2D eigenvalue weighted by Gasteiger charge is 2.33. The summed E-state index contributed by atoms with van der Waals surface area (Å²) in [5.74, 6) is -0.298. The SMILES string of the molecule is CCOC(=O)c1c(-c2cc(Cl)ccc2C)cc(-c2cc(NC)ncn2)n1S(=O)(=O)c1ccccc1. The third-order valence-electron chi connectivity index (χ3n) is 5.38. The molecule has 180 valence electrons. The van der Waals surface area contributed by atoms with E-state index in [0.717, 1.165) is 9.54 Å². The number of esters is 1. The summed E-state index contributed by atoms with van der Waals surface area (Å²) in [4.78, 5) is 21.8. The van der Waals surface area contributed by atoms with Gasteiger partial charge in [0.1, 0.15) is 12.1 Å². The van der Waals surface area contributed by atoms with Crippen LogP contribution in [0.1, 0.15) is 23.0 Å². The minimum Gasteiger partial charge on any atom is -0.461 e. The lowest BCUT2D eigenvalue weighted by atomic mass is 10.0. The van der Waals surface area contributed by atoms with Gasteiger partial charge >= 0.3 is 5.97 Å². The van der Waals surface area contributed by atoms with Gasteiger partial charge in [-0.25, -0.2) is 27.2 Å². The predicted molar refractivity (Wildman–Crippen MR) is 135 cm³/mol. The molecule has 2 heterocycles. The molecule has 0 saturated heterocycles. The quantitative estimate of drug-likeness (QED) is 0.348. The van der Waals surface area contributed by atoms with E-state index in [2.05, 4.69) is 15.3 Å². The first-order valence-corrected chi connectivity index (χ1v) is 12.6. The summed E-state index contributed by atoms with van der Waals surface area (Å²) < 4.78 is 34.3. The molecule has 4 rings (SSSR count). The number of aryl methyl sites for hydroxylation is 1. The first kappa shape index (κ1) is 24.4. The standard InChI is InChI=1S/C25H23ClN4O4S/c1-4-34-25(31)24-20(19-12-17(26)11-10-16(19)2)13-22(21-14-23(27-3)29-15-28-21)30(24)35(32,33)18-8-6-5-7-9-18/h5-15H,4H2,1-3H3,(H,27,28,29). The lowest BCUT2D eigenvalue weighted by molar-refractivity contribution is 0.0519. The number of carbonyl (C=O) groups is 1. The molecular weight excluding hydrogens is 488 g/mol. The molecule has 0 aliphatic rings. The van der Waals surface area contributed by atoms with Gasteiger partial charge in [-0.3, -0.25) is 0 Å². The number of hydrogen-bond acceptors (Lipinski definition) is 7. The van der Waals surface area contributed by atoms with Crippen LogP contribution in [0, 0.1) is 6.92 Å². The molecule has 10 heteroatoms. The molecule has 4 aromatic rings. The Morgan fingerprint density at radius 2 is 1.80 bits per heavy atom. The molecule has 0 aliphatic carbocycles. The average molecular weight is 511 g/mol. The minimum atomic E-state index is -4.24. The summed E-state index contributed by atoms with van der Waals surface area (Å²) in [5, 5.41) is 3.37. The lowest BCUT2D eigenvalue weighted by Gasteiger charge is -2.15. The summed E-state index contributed by atoms with van der Waals surface area (Å²) in [6.45, 7) is 3.58. The largest absolute Gasteiger partial charge is 0.461 e. The van der Waals surface area contributed by atoms with Crippen molar-refractivity contribution >= 4 is 33.4 Å². The van der Waals surface area contributed by atoms with Crippen molar-refractivity contribution in [3.63, 3.8) is 0 Å². The van der Waals surface area contributed by atoms with Crippen LogP contribution < -0.4 is 5.32 Å². The second kappa shape index (κ2) is 9.89. The number of carbonyl (C=O) groups excluding carboxylic acids is 1. The maximum absolute atomic E-state index is 14.0. The van der Waals surface area contributed by atoms with Gasteiger partial charge in [-0.05, 0) is 55.3 Å². The molecule has 0 fully saturated rings. The van der Waals surface area contributed by atoms with Crippen LogP contribution in [0.3, 0.4) is 0 Å². The third kappa shape index (κ3) is 4.65. The Balaban J connectivity index is 2.15. The van der Waals surface area contributed by atoms with Crippen molar-refractivity contribution in [2.24, 2.45) is 0 Å². The second-order valence-corrected chi connectivity index (χ2v) is 9.82. The van der Waals surface area contributed by atoms with Crippen LogP contribution in [-0.4, -0.2) is 42.0 Å². The Hall–Kier alpha value is -3.69. The molecule has 35 heavy (non-hydrogen) atoms. The van der Waals surface area contributed by atoms with Crippen LogP contribution in [0.25, 0.3) is 22.5 Å². The predicted octanol–water partition coefficient (Wildman–Crippen LogP) is 5.03. The van der Waals surface area contributed by atoms with Crippen LogP contribution in [0.2, 0.25) is 5.02 Å². The number of rotatable bonds is 7. The first-order chi connectivity index (χ1) is 16.8. The Labute approximate surface area is 208 Å². The number of anilines is 1. The van der Waals surface area contributed by atoms with Gasteiger partial charge in [0, 0.05) is 23.7 Å². The van der Waals surface area contributed by atoms with Crippen molar-refractivity contribution < 1.29 is 17.9 Å². The molecule has 0 unspecified atom stereocenters. The average Bonchev–Trinajstić information content (AvgIpc) is 3.28. The fraction of sp³-hybridized carbons (Fsp3) is 0.160. The third-order valence-corrected chi connectivity index (χ3v) is 7.35. The molecule has 1 N–H and O–H groups in total. The highest BCUT2D eigenvalue weighted by molar-refractivity contribution is 7.90. The van der Waals surface area contributed by atoms with Gasteiger partial charge in [0.2, 0.25) is 0 Å². The van der Waals surface area contributed by atoms with Crippen molar-refractivity contribution in [3.05, 3.63) is 83.3 Å². The van der Waals surface area contributed by atoms with Crippen LogP contribution in [0.15, 0.2) is 71.9 Å². The smallest absolute Gasteiger partial charge is 0.356 e. The van der Waals surface area contributed by atoms with Gasteiger partial charge in [-0.15, -0.1) is 0 Å². The number of halogens is 1. The summed E-state index contributed by atoms with van der Waals surface area (Å²) in [6.07, 6.45) is 1.32. The summed E-state index contributed by atoms with van der Waals surface area (Å²) in [7, 11) is -2.55. The Morgan fingerprint density at radius 1 is 1.06 bits per heavy atom. The minimum absolute atomic E-state index is 0.0136. The van der Waals surface area contributed by atoms with E-state index in [1.165, 1.54) is 18.5 Å². The van der Waals surface area contributed by atoms with Gasteiger partial charge in [-0.1, -0.05) is 35.9 Å². The molecule has 0 amide bonds. The van der Waals surface area contributed by atoms with Crippen LogP contribution in [-0.2, 0) is 14.8 Å². The van der Waals surface area contributed by atoms with E-state index in [1.807, 2.05) is 6.92 Å². The molecular formula is C25H23ClN4O4S. The fourth-order valence-electron chi connectivity index (χ4n) is 3.74. The lowest BCUT2D eigenvalue weighted by Crippen LogP contribution is -2.21. The van der Waals surface area contributed by atoms with E-state index in [1.54, 1.807) is 62.5 Å². The van der Waals surface area contributed by atoms with Crippen LogP contribution >= 0.6 is 11.6 Å². The highest BCUT2D eigenvalue weighted by Crippen LogP contribution is 2.38. The molecule has 0 radical (unpaired) electrons. The van der Waals surface area contributed by atoms with E-state index in [0.29, 0.717) is 27.7 Å². The molecule has 8 nitrogen and oxygen atoms in total. The van der Waals surface area contributed by atoms with Gasteiger partial charge < -0.3 is 10.1 Å². The molecule has 0 bridgehead atoms. The number of benzene rings is 2. The Bertz CT molecular complexity index is 1500. The molecule has 0 atom stereocenters. The highest BCUT2D eigenvalue weighted by atomic mass is 35.5. The summed E-state index contributed by atoms with van der Waals surface area (Å²) in [6, 6.07) is 16.3. The van der Waals surface area contributed by atoms with Gasteiger partial charge in [0.25, 0.3) is 10.0 Å². The number of nitrogens with one attached hydrogen (secondary N) is 1. The zero-order valence-electron chi connectivity index (χ0n) is 19.3. The topological polar surface area (TPSA) is 103 Å². The summed E-state index contributed by atoms with van der Waals surface area (Å²) in [5.41, 5.74) is 2.12. The van der Waals surface area contributed by atoms with E-state index < -0.39 is 16.0 Å². The first-order valence-electron chi connectivity index (χ1n) is 10.8. The zero-order valence-corrected chi connectivity index (χ0v) is 20.9. The normalized spacial score (nSPS) is 11.3. The van der Waals surface area contributed by atoms with E-state index in [-0.39, 0.29) is 22.9 Å². The fourth-order valence-corrected chi connectivity index (χ4v) is 5.44. The number of nitrogens with zero attached hydrogens (tertiary/aromatic N) is 3. The van der Waals surface area contributed by atoms with Crippen molar-refractivity contribution in [1.29, 1.82) is 0 Å². The molecule has 0 saturated carbocycles. The van der Waals surface area contributed by atoms with Crippen molar-refractivity contribution in [1.82, 2.24) is 13.9 Å². The van der Waals surface area contributed by atoms with E-state index in [9.17, 15) is 13.2 Å². The second-order valence-electron chi connectivity index (χ2n) is 7.59. The number of aromatic nitrogens is 3. The van der Waals surface area contributed by atoms with E-state index in [4.69, 9.17) is 16.3 Å². The number of ether oxygens (including phenoxy) is 1. The van der Waals surface area contributed by atoms with Crippen LogP contribution in [0.5, 0.6) is 0 Å². The van der Waals surface area contributed by atoms with E-state index >= 15 is 0 Å². The van der Waals surface area contributed by atoms with Crippen molar-refractivity contribution in [2.75, 3.05) is 19.0 Å². The van der Waals surface area contributed by atoms with Crippen LogP contribution in [0.4, 0.5) is 5.82 Å². The molecule has 2 aromatic heterocycles. The molecule has 0 spiro atoms. The van der Waals surface area contributed by atoms with Gasteiger partial charge in [-0.2, -0.15) is 0 Å². The van der Waals surface area contributed by atoms with Crippen molar-refractivity contribution in [2.45, 2.75) is 18.7 Å². The maximum atomic E-state index is 14.0. The Morgan fingerprint density at radius 3 is 2.49 bits per heavy atom. The molecule has 0 aliphatic heterocycles. The van der Waals surface area contributed by atoms with Crippen molar-refractivity contribution in [3.8, 4) is 22.5 Å². The molecule has 2 aromatic carbocycles. The van der Waals surface area contributed by atoms with Gasteiger partial charge in [0.15, 0.2) is 5.69 Å². The Kier molecular flexibility index (Phi) is 6.90. The van der Waals surface area contributed by atoms with Gasteiger partial charge in [0.05, 0.1) is 22.9 Å². The number of hydrogen-bond donors (Lipinski definition) is 1. The summed E-state index contributed by atoms with van der Waals surface area (Å²) >= 11 is 6.28. The monoisotopic (exact) mass is 510 g/mol. The zero-order chi connectivity index (χ0) is 25.2.